The summed E-state index contributed by atoms with van der Waals surface area (Å²) >= 11 is 0. The molecule has 31 heavy (non-hydrogen) atoms. The van der Waals surface area contributed by atoms with Crippen LogP contribution in [0, 0.1) is 13.8 Å². The van der Waals surface area contributed by atoms with Crippen molar-refractivity contribution in [1.82, 2.24) is 15.1 Å². The van der Waals surface area contributed by atoms with Crippen LogP contribution in [0.1, 0.15) is 50.2 Å². The first-order chi connectivity index (χ1) is 14.9. The van der Waals surface area contributed by atoms with E-state index in [4.69, 9.17) is 0 Å². The van der Waals surface area contributed by atoms with Gasteiger partial charge in [-0.25, -0.2) is 0 Å². The summed E-state index contributed by atoms with van der Waals surface area (Å²) in [5, 5.41) is 3.01. The van der Waals surface area contributed by atoms with Gasteiger partial charge < -0.3 is 10.2 Å². The summed E-state index contributed by atoms with van der Waals surface area (Å²) in [5.74, 6) is -0.191. The molecule has 0 radical (unpaired) electrons. The van der Waals surface area contributed by atoms with E-state index >= 15 is 0 Å². The zero-order valence-corrected chi connectivity index (χ0v) is 18.2. The molecule has 2 aromatic rings. The number of hydrogen-bond donors (Lipinski definition) is 1. The Morgan fingerprint density at radius 3 is 2.26 bits per heavy atom. The average Bonchev–Trinajstić information content (AvgIpc) is 3.59. The average molecular weight is 420 g/mol. The number of hydrogen-bond acceptors (Lipinski definition) is 4. The third kappa shape index (κ3) is 5.02. The first-order valence-electron chi connectivity index (χ1n) is 10.9. The zero-order valence-electron chi connectivity index (χ0n) is 18.2. The van der Waals surface area contributed by atoms with Gasteiger partial charge in [-0.1, -0.05) is 35.9 Å². The molecule has 2 aliphatic rings. The van der Waals surface area contributed by atoms with Gasteiger partial charge in [0, 0.05) is 43.3 Å². The first-order valence-corrected chi connectivity index (χ1v) is 10.9. The summed E-state index contributed by atoms with van der Waals surface area (Å²) in [6.07, 6.45) is 2.16. The lowest BCUT2D eigenvalue weighted by Gasteiger charge is -2.34. The lowest BCUT2D eigenvalue weighted by molar-refractivity contribution is -0.122. The summed E-state index contributed by atoms with van der Waals surface area (Å²) in [4.78, 5) is 42.4. The second-order valence-corrected chi connectivity index (χ2v) is 8.60. The third-order valence-corrected chi connectivity index (χ3v) is 6.01. The third-order valence-electron chi connectivity index (χ3n) is 6.01. The maximum absolute atomic E-state index is 13.3. The highest BCUT2D eigenvalue weighted by molar-refractivity contribution is 6.16. The van der Waals surface area contributed by atoms with Crippen molar-refractivity contribution in [3.63, 3.8) is 0 Å². The molecule has 162 valence electrons. The van der Waals surface area contributed by atoms with Crippen molar-refractivity contribution in [2.75, 3.05) is 32.7 Å². The molecule has 1 aliphatic heterocycles. The van der Waals surface area contributed by atoms with Crippen LogP contribution >= 0.6 is 0 Å². The van der Waals surface area contributed by atoms with Gasteiger partial charge in [-0.15, -0.1) is 0 Å². The predicted octanol–water partition coefficient (Wildman–Crippen LogP) is 2.57. The smallest absolute Gasteiger partial charge is 0.254 e. The van der Waals surface area contributed by atoms with E-state index in [9.17, 15) is 14.4 Å². The lowest BCUT2D eigenvalue weighted by atomic mass is 9.94. The Morgan fingerprint density at radius 1 is 0.903 bits per heavy atom. The fourth-order valence-electron chi connectivity index (χ4n) is 3.98. The normalized spacial score (nSPS) is 16.8. The molecule has 0 unspecified atom stereocenters. The SMILES string of the molecule is Cc1ccc(C)c(C(=O)c2ccccc2C(=O)N2CCN(CC(=O)NC3CC3)CC2)c1. The van der Waals surface area contributed by atoms with Gasteiger partial charge >= 0.3 is 0 Å². The van der Waals surface area contributed by atoms with Crippen molar-refractivity contribution >= 4 is 17.6 Å². The van der Waals surface area contributed by atoms with E-state index in [0.717, 1.165) is 24.0 Å². The van der Waals surface area contributed by atoms with Gasteiger partial charge in [0.2, 0.25) is 5.91 Å². The van der Waals surface area contributed by atoms with Crippen molar-refractivity contribution in [2.24, 2.45) is 0 Å². The molecule has 2 amide bonds. The number of carbonyl (C=O) groups is 3. The Labute approximate surface area is 183 Å². The van der Waals surface area contributed by atoms with Gasteiger partial charge in [-0.05, 0) is 44.4 Å². The summed E-state index contributed by atoms with van der Waals surface area (Å²) in [5.41, 5.74) is 3.42. The Morgan fingerprint density at radius 2 is 1.58 bits per heavy atom. The van der Waals surface area contributed by atoms with Crippen LogP contribution in [0.25, 0.3) is 0 Å². The van der Waals surface area contributed by atoms with Crippen molar-refractivity contribution in [3.05, 3.63) is 70.3 Å². The molecular weight excluding hydrogens is 390 g/mol. The maximum Gasteiger partial charge on any atom is 0.254 e. The van der Waals surface area contributed by atoms with Crippen LogP contribution in [0.2, 0.25) is 0 Å². The highest BCUT2D eigenvalue weighted by atomic mass is 16.2. The van der Waals surface area contributed by atoms with Crippen LogP contribution in [0.3, 0.4) is 0 Å². The highest BCUT2D eigenvalue weighted by Gasteiger charge is 2.28. The van der Waals surface area contributed by atoms with Crippen LogP contribution in [0.5, 0.6) is 0 Å². The number of ketones is 1. The Hall–Kier alpha value is -2.99. The van der Waals surface area contributed by atoms with Crippen LogP contribution in [-0.2, 0) is 4.79 Å². The van der Waals surface area contributed by atoms with Gasteiger partial charge in [-0.2, -0.15) is 0 Å². The minimum absolute atomic E-state index is 0.0618. The van der Waals surface area contributed by atoms with Gasteiger partial charge in [0.1, 0.15) is 0 Å². The fraction of sp³-hybridized carbons (Fsp3) is 0.400. The molecule has 1 N–H and O–H groups in total. The molecule has 1 heterocycles. The number of nitrogens with one attached hydrogen (secondary N) is 1. The molecule has 1 aliphatic carbocycles. The van der Waals surface area contributed by atoms with E-state index in [1.807, 2.05) is 32.0 Å². The lowest BCUT2D eigenvalue weighted by Crippen LogP contribution is -2.51. The van der Waals surface area contributed by atoms with Gasteiger partial charge in [0.25, 0.3) is 5.91 Å². The zero-order chi connectivity index (χ0) is 22.0. The molecule has 6 nitrogen and oxygen atoms in total. The van der Waals surface area contributed by atoms with E-state index in [2.05, 4.69) is 10.2 Å². The van der Waals surface area contributed by atoms with Crippen LogP contribution < -0.4 is 5.32 Å². The molecule has 0 spiro atoms. The number of piperazine rings is 1. The van der Waals surface area contributed by atoms with Gasteiger partial charge in [-0.3, -0.25) is 19.3 Å². The summed E-state index contributed by atoms with van der Waals surface area (Å²) in [6.45, 7) is 6.63. The molecular formula is C25H29N3O3. The predicted molar refractivity (Wildman–Crippen MR) is 119 cm³/mol. The second-order valence-electron chi connectivity index (χ2n) is 8.60. The highest BCUT2D eigenvalue weighted by Crippen LogP contribution is 2.21. The number of benzene rings is 2. The number of aryl methyl sites for hydroxylation is 2. The number of amides is 2. The van der Waals surface area contributed by atoms with E-state index in [1.54, 1.807) is 29.2 Å². The molecule has 6 heteroatoms. The Kier molecular flexibility index (Phi) is 6.18. The Balaban J connectivity index is 1.44. The van der Waals surface area contributed by atoms with Crippen LogP contribution in [-0.4, -0.2) is 66.2 Å². The van der Waals surface area contributed by atoms with Crippen molar-refractivity contribution in [3.8, 4) is 0 Å². The molecule has 1 saturated heterocycles. The summed E-state index contributed by atoms with van der Waals surface area (Å²) in [6, 6.07) is 13.2. The largest absolute Gasteiger partial charge is 0.352 e. The molecule has 0 atom stereocenters. The van der Waals surface area contributed by atoms with Crippen molar-refractivity contribution < 1.29 is 14.4 Å². The molecule has 2 aromatic carbocycles. The number of nitrogens with zero attached hydrogens (tertiary/aromatic N) is 2. The van der Waals surface area contributed by atoms with E-state index in [-0.39, 0.29) is 17.6 Å². The standard InChI is InChI=1S/C25H29N3O3/c1-17-7-8-18(2)22(15-17)24(30)20-5-3-4-6-21(20)25(31)28-13-11-27(12-14-28)16-23(29)26-19-9-10-19/h3-8,15,19H,9-14,16H2,1-2H3,(H,26,29). The summed E-state index contributed by atoms with van der Waals surface area (Å²) < 4.78 is 0. The molecule has 0 aromatic heterocycles. The topological polar surface area (TPSA) is 69.7 Å². The first kappa shape index (κ1) is 21.2. The minimum atomic E-state index is -0.128. The summed E-state index contributed by atoms with van der Waals surface area (Å²) in [7, 11) is 0. The number of rotatable bonds is 6. The van der Waals surface area contributed by atoms with Crippen molar-refractivity contribution in [2.45, 2.75) is 32.7 Å². The second kappa shape index (κ2) is 9.02. The van der Waals surface area contributed by atoms with E-state index in [1.165, 1.54) is 0 Å². The maximum atomic E-state index is 13.3. The van der Waals surface area contributed by atoms with E-state index < -0.39 is 0 Å². The van der Waals surface area contributed by atoms with E-state index in [0.29, 0.717) is 55.5 Å². The molecule has 1 saturated carbocycles. The molecule has 2 fully saturated rings. The van der Waals surface area contributed by atoms with Crippen LogP contribution in [0.15, 0.2) is 42.5 Å². The van der Waals surface area contributed by atoms with Gasteiger partial charge in [0.15, 0.2) is 5.78 Å². The van der Waals surface area contributed by atoms with Gasteiger partial charge in [0.05, 0.1) is 12.1 Å². The Bertz CT molecular complexity index is 1000. The minimum Gasteiger partial charge on any atom is -0.352 e. The molecule has 4 rings (SSSR count). The molecule has 0 bridgehead atoms. The number of carbonyl (C=O) groups excluding carboxylic acids is 3. The fourth-order valence-corrected chi connectivity index (χ4v) is 3.98. The van der Waals surface area contributed by atoms with Crippen LogP contribution in [0.4, 0.5) is 0 Å². The van der Waals surface area contributed by atoms with Crippen molar-refractivity contribution in [1.29, 1.82) is 0 Å². The monoisotopic (exact) mass is 419 g/mol. The quantitative estimate of drug-likeness (QED) is 0.731.